The number of carbonyl (C=O) groups is 1. The Morgan fingerprint density at radius 3 is 2.09 bits per heavy atom. The predicted octanol–water partition coefficient (Wildman–Crippen LogP) is 5.24. The maximum absolute atomic E-state index is 12.9. The van der Waals surface area contributed by atoms with E-state index in [2.05, 4.69) is 20.4 Å². The summed E-state index contributed by atoms with van der Waals surface area (Å²) in [6.07, 6.45) is -4.79. The third-order valence-corrected chi connectivity index (χ3v) is 4.67. The average Bonchev–Trinajstić information content (AvgIpc) is 2.75. The van der Waals surface area contributed by atoms with Crippen LogP contribution in [0.15, 0.2) is 77.6 Å². The number of halogens is 3. The van der Waals surface area contributed by atoms with Gasteiger partial charge in [-0.25, -0.2) is 9.78 Å². The first-order chi connectivity index (χ1) is 15.7. The molecule has 0 unspecified atom stereocenters. The standard InChI is InChI=1S/C23H17F3N4O3/c1-14-27-20-5-3-2-4-19(20)21(31)30(14)17-10-6-15(7-11-17)28-22(32)29-16-8-12-18(13-9-16)33-23(24,25)26/h2-13H,1H3,(H2,28,29,32). The highest BCUT2D eigenvalue weighted by atomic mass is 19.4. The zero-order valence-electron chi connectivity index (χ0n) is 17.2. The Kier molecular flexibility index (Phi) is 5.74. The number of alkyl halides is 3. The van der Waals surface area contributed by atoms with E-state index in [1.54, 1.807) is 49.4 Å². The van der Waals surface area contributed by atoms with Gasteiger partial charge in [-0.1, -0.05) is 12.1 Å². The summed E-state index contributed by atoms with van der Waals surface area (Å²) < 4.78 is 41.9. The van der Waals surface area contributed by atoms with Gasteiger partial charge in [-0.15, -0.1) is 13.2 Å². The van der Waals surface area contributed by atoms with E-state index in [4.69, 9.17) is 0 Å². The lowest BCUT2D eigenvalue weighted by Gasteiger charge is -2.12. The molecule has 0 aliphatic carbocycles. The largest absolute Gasteiger partial charge is 0.573 e. The van der Waals surface area contributed by atoms with Crippen LogP contribution in [0.1, 0.15) is 5.82 Å². The average molecular weight is 454 g/mol. The van der Waals surface area contributed by atoms with Crippen molar-refractivity contribution in [1.82, 2.24) is 9.55 Å². The fourth-order valence-corrected chi connectivity index (χ4v) is 3.28. The number of ether oxygens (including phenoxy) is 1. The number of hydrogen-bond donors (Lipinski definition) is 2. The quantitative estimate of drug-likeness (QED) is 0.442. The van der Waals surface area contributed by atoms with Gasteiger partial charge in [0.25, 0.3) is 5.56 Å². The van der Waals surface area contributed by atoms with E-state index < -0.39 is 18.1 Å². The third-order valence-electron chi connectivity index (χ3n) is 4.67. The van der Waals surface area contributed by atoms with Gasteiger partial charge in [0.15, 0.2) is 0 Å². The highest BCUT2D eigenvalue weighted by molar-refractivity contribution is 5.99. The van der Waals surface area contributed by atoms with Gasteiger partial charge >= 0.3 is 12.4 Å². The number of rotatable bonds is 4. The van der Waals surface area contributed by atoms with Gasteiger partial charge in [0.2, 0.25) is 0 Å². The van der Waals surface area contributed by atoms with Gasteiger partial charge in [0.05, 0.1) is 16.6 Å². The fourth-order valence-electron chi connectivity index (χ4n) is 3.28. The molecule has 0 spiro atoms. The van der Waals surface area contributed by atoms with Gasteiger partial charge in [0, 0.05) is 11.4 Å². The van der Waals surface area contributed by atoms with Crippen molar-refractivity contribution in [3.05, 3.63) is 89.0 Å². The van der Waals surface area contributed by atoms with Crippen molar-refractivity contribution in [2.45, 2.75) is 13.3 Å². The zero-order chi connectivity index (χ0) is 23.6. The van der Waals surface area contributed by atoms with E-state index in [0.29, 0.717) is 28.1 Å². The summed E-state index contributed by atoms with van der Waals surface area (Å²) in [6.45, 7) is 1.73. The molecule has 0 saturated heterocycles. The van der Waals surface area contributed by atoms with Crippen LogP contribution in [0, 0.1) is 6.92 Å². The summed E-state index contributed by atoms with van der Waals surface area (Å²) in [5, 5.41) is 5.63. The van der Waals surface area contributed by atoms with Gasteiger partial charge in [-0.3, -0.25) is 9.36 Å². The van der Waals surface area contributed by atoms with Crippen molar-refractivity contribution in [3.63, 3.8) is 0 Å². The van der Waals surface area contributed by atoms with E-state index in [-0.39, 0.29) is 11.2 Å². The molecule has 0 bridgehead atoms. The molecule has 4 rings (SSSR count). The molecular weight excluding hydrogens is 437 g/mol. The van der Waals surface area contributed by atoms with Crippen LogP contribution in [-0.4, -0.2) is 21.9 Å². The minimum absolute atomic E-state index is 0.200. The minimum Gasteiger partial charge on any atom is -0.406 e. The Bertz CT molecular complexity index is 1370. The highest BCUT2D eigenvalue weighted by Gasteiger charge is 2.30. The molecule has 1 aromatic heterocycles. The number of aromatic nitrogens is 2. The Hall–Kier alpha value is -4.34. The van der Waals surface area contributed by atoms with E-state index in [0.717, 1.165) is 12.1 Å². The zero-order valence-corrected chi connectivity index (χ0v) is 17.2. The van der Waals surface area contributed by atoms with Crippen LogP contribution in [0.4, 0.5) is 29.3 Å². The lowest BCUT2D eigenvalue weighted by molar-refractivity contribution is -0.274. The van der Waals surface area contributed by atoms with Crippen LogP contribution >= 0.6 is 0 Å². The molecule has 7 nitrogen and oxygen atoms in total. The number of hydrogen-bond acceptors (Lipinski definition) is 4. The SMILES string of the molecule is Cc1nc2ccccc2c(=O)n1-c1ccc(NC(=O)Nc2ccc(OC(F)(F)F)cc2)cc1. The van der Waals surface area contributed by atoms with E-state index in [1.807, 2.05) is 6.07 Å². The van der Waals surface area contributed by atoms with E-state index >= 15 is 0 Å². The number of aryl methyl sites for hydroxylation is 1. The fraction of sp³-hybridized carbons (Fsp3) is 0.0870. The Morgan fingerprint density at radius 2 is 1.48 bits per heavy atom. The molecule has 0 saturated carbocycles. The first kappa shape index (κ1) is 21.9. The number of carbonyl (C=O) groups excluding carboxylic acids is 1. The highest BCUT2D eigenvalue weighted by Crippen LogP contribution is 2.24. The first-order valence-corrected chi connectivity index (χ1v) is 9.72. The van der Waals surface area contributed by atoms with Gasteiger partial charge in [-0.05, 0) is 67.6 Å². The normalized spacial score (nSPS) is 11.3. The number of benzene rings is 3. The molecule has 0 fully saturated rings. The van der Waals surface area contributed by atoms with Crippen molar-refractivity contribution in [2.75, 3.05) is 10.6 Å². The molecule has 0 radical (unpaired) electrons. The van der Waals surface area contributed by atoms with Crippen LogP contribution in [-0.2, 0) is 0 Å². The van der Waals surface area contributed by atoms with E-state index in [1.165, 1.54) is 16.7 Å². The molecular formula is C23H17F3N4O3. The van der Waals surface area contributed by atoms with Gasteiger partial charge < -0.3 is 15.4 Å². The summed E-state index contributed by atoms with van der Waals surface area (Å²) in [7, 11) is 0. The summed E-state index contributed by atoms with van der Waals surface area (Å²) >= 11 is 0. The Balaban J connectivity index is 1.46. The molecule has 0 aliphatic rings. The van der Waals surface area contributed by atoms with Crippen molar-refractivity contribution >= 4 is 28.3 Å². The first-order valence-electron chi connectivity index (χ1n) is 9.72. The molecule has 2 N–H and O–H groups in total. The van der Waals surface area contributed by atoms with Crippen LogP contribution in [0.2, 0.25) is 0 Å². The lowest BCUT2D eigenvalue weighted by Crippen LogP contribution is -2.22. The molecule has 4 aromatic rings. The molecule has 0 aliphatic heterocycles. The molecule has 3 aromatic carbocycles. The molecule has 0 atom stereocenters. The summed E-state index contributed by atoms with van der Waals surface area (Å²) in [4.78, 5) is 29.6. The van der Waals surface area contributed by atoms with Crippen molar-refractivity contribution in [3.8, 4) is 11.4 Å². The van der Waals surface area contributed by atoms with Crippen LogP contribution < -0.4 is 20.9 Å². The Labute approximate surface area is 185 Å². The monoisotopic (exact) mass is 454 g/mol. The summed E-state index contributed by atoms with van der Waals surface area (Å²) in [5.41, 5.74) is 1.73. The van der Waals surface area contributed by atoms with Crippen LogP contribution in [0.3, 0.4) is 0 Å². The third kappa shape index (κ3) is 5.12. The molecule has 10 heteroatoms. The van der Waals surface area contributed by atoms with Gasteiger partial charge in [0.1, 0.15) is 11.6 Å². The second-order valence-electron chi connectivity index (χ2n) is 7.01. The number of nitrogens with one attached hydrogen (secondary N) is 2. The molecule has 33 heavy (non-hydrogen) atoms. The summed E-state index contributed by atoms with van der Waals surface area (Å²) in [6, 6.07) is 17.8. The number of amides is 2. The molecule has 1 heterocycles. The van der Waals surface area contributed by atoms with Gasteiger partial charge in [-0.2, -0.15) is 0 Å². The topological polar surface area (TPSA) is 85.2 Å². The number of para-hydroxylation sites is 1. The molecule has 2 amide bonds. The second-order valence-corrected chi connectivity index (χ2v) is 7.01. The number of anilines is 2. The smallest absolute Gasteiger partial charge is 0.406 e. The number of urea groups is 1. The van der Waals surface area contributed by atoms with Crippen molar-refractivity contribution in [2.24, 2.45) is 0 Å². The number of nitrogens with zero attached hydrogens (tertiary/aromatic N) is 2. The van der Waals surface area contributed by atoms with E-state index in [9.17, 15) is 22.8 Å². The van der Waals surface area contributed by atoms with Crippen molar-refractivity contribution < 1.29 is 22.7 Å². The predicted molar refractivity (Wildman–Crippen MR) is 118 cm³/mol. The minimum atomic E-state index is -4.79. The lowest BCUT2D eigenvalue weighted by atomic mass is 10.2. The second kappa shape index (κ2) is 8.65. The molecule has 168 valence electrons. The maximum atomic E-state index is 12.9. The van der Waals surface area contributed by atoms with Crippen molar-refractivity contribution in [1.29, 1.82) is 0 Å². The Morgan fingerprint density at radius 1 is 0.909 bits per heavy atom. The van der Waals surface area contributed by atoms with Crippen LogP contribution in [0.25, 0.3) is 16.6 Å². The maximum Gasteiger partial charge on any atom is 0.573 e. The number of fused-ring (bicyclic) bond motifs is 1. The summed E-state index contributed by atoms with van der Waals surface area (Å²) in [5.74, 6) is 0.132. The van der Waals surface area contributed by atoms with Crippen LogP contribution in [0.5, 0.6) is 5.75 Å².